The lowest BCUT2D eigenvalue weighted by molar-refractivity contribution is -0.119. The molecule has 2 aromatic carbocycles. The van der Waals surface area contributed by atoms with Crippen LogP contribution in [0, 0.1) is 13.8 Å². The third kappa shape index (κ3) is 5.85. The van der Waals surface area contributed by atoms with E-state index in [-0.39, 0.29) is 18.4 Å². The number of nitrogens with zero attached hydrogens (tertiary/aromatic N) is 2. The second-order valence-electron chi connectivity index (χ2n) is 7.09. The molecule has 0 saturated heterocycles. The Balaban J connectivity index is 1.66. The summed E-state index contributed by atoms with van der Waals surface area (Å²) in [6.45, 7) is 6.15. The third-order valence-corrected chi connectivity index (χ3v) is 5.30. The molecule has 3 aromatic rings. The van der Waals surface area contributed by atoms with Gasteiger partial charge < -0.3 is 14.6 Å². The molecule has 32 heavy (non-hydrogen) atoms. The Morgan fingerprint density at radius 2 is 1.88 bits per heavy atom. The van der Waals surface area contributed by atoms with Gasteiger partial charge in [0, 0.05) is 32.8 Å². The number of nitrogens with one attached hydrogen (secondary N) is 2. The molecular weight excluding hydrogens is 472 g/mol. The average molecular weight is 497 g/mol. The van der Waals surface area contributed by atoms with Crippen LogP contribution in [0.25, 0.3) is 5.69 Å². The number of carbonyl (C=O) groups is 2. The minimum Gasteiger partial charge on any atom is -0.462 e. The van der Waals surface area contributed by atoms with Crippen LogP contribution in [-0.4, -0.2) is 35.8 Å². The predicted octanol–water partition coefficient (Wildman–Crippen LogP) is 4.60. The van der Waals surface area contributed by atoms with E-state index in [0.29, 0.717) is 12.2 Å². The topological polar surface area (TPSA) is 84.7 Å². The normalized spacial score (nSPS) is 10.9. The summed E-state index contributed by atoms with van der Waals surface area (Å²) in [4.78, 5) is 24.1. The van der Waals surface area contributed by atoms with E-state index < -0.39 is 0 Å². The summed E-state index contributed by atoms with van der Waals surface area (Å²) in [7, 11) is 0. The van der Waals surface area contributed by atoms with Gasteiger partial charge in [-0.2, -0.15) is 5.10 Å². The minimum absolute atomic E-state index is 0.110. The number of aromatic nitrogens is 1. The fourth-order valence-electron chi connectivity index (χ4n) is 3.27. The van der Waals surface area contributed by atoms with Crippen LogP contribution >= 0.6 is 15.9 Å². The van der Waals surface area contributed by atoms with Crippen LogP contribution in [0.1, 0.15) is 34.2 Å². The highest BCUT2D eigenvalue weighted by molar-refractivity contribution is 9.10. The molecule has 7 nitrogen and oxygen atoms in total. The number of carbonyl (C=O) groups excluding carboxylic acids is 2. The van der Waals surface area contributed by atoms with Crippen molar-refractivity contribution in [2.45, 2.75) is 20.8 Å². The van der Waals surface area contributed by atoms with E-state index in [2.05, 4.69) is 31.8 Å². The van der Waals surface area contributed by atoms with Crippen LogP contribution in [0.4, 0.5) is 5.69 Å². The summed E-state index contributed by atoms with van der Waals surface area (Å²) in [5.74, 6) is -0.599. The van der Waals surface area contributed by atoms with Crippen LogP contribution in [-0.2, 0) is 9.53 Å². The number of hydrazone groups is 1. The molecular formula is C24H25BrN4O3. The molecule has 1 amide bonds. The van der Waals surface area contributed by atoms with E-state index in [1.807, 2.05) is 60.9 Å². The van der Waals surface area contributed by atoms with Crippen molar-refractivity contribution in [1.82, 2.24) is 9.99 Å². The first kappa shape index (κ1) is 23.3. The number of benzene rings is 2. The monoisotopic (exact) mass is 496 g/mol. The molecule has 2 N–H and O–H groups in total. The number of amides is 1. The summed E-state index contributed by atoms with van der Waals surface area (Å²) in [6.07, 6.45) is 1.62. The molecule has 0 saturated carbocycles. The van der Waals surface area contributed by atoms with Gasteiger partial charge in [0.05, 0.1) is 24.9 Å². The fourth-order valence-corrected chi connectivity index (χ4v) is 3.53. The molecule has 1 aromatic heterocycles. The molecule has 8 heteroatoms. The molecule has 0 aliphatic heterocycles. The number of hydrogen-bond acceptors (Lipinski definition) is 5. The largest absolute Gasteiger partial charge is 0.462 e. The van der Waals surface area contributed by atoms with Gasteiger partial charge in [0.25, 0.3) is 5.91 Å². The maximum absolute atomic E-state index is 12.1. The summed E-state index contributed by atoms with van der Waals surface area (Å²) in [6, 6.07) is 16.8. The maximum Gasteiger partial charge on any atom is 0.338 e. The highest BCUT2D eigenvalue weighted by Gasteiger charge is 2.12. The van der Waals surface area contributed by atoms with Gasteiger partial charge in [-0.3, -0.25) is 4.79 Å². The van der Waals surface area contributed by atoms with Gasteiger partial charge in [-0.25, -0.2) is 10.2 Å². The van der Waals surface area contributed by atoms with Gasteiger partial charge in [0.15, 0.2) is 0 Å². The Morgan fingerprint density at radius 1 is 1.12 bits per heavy atom. The number of esters is 1. The maximum atomic E-state index is 12.1. The molecule has 1 heterocycles. The first-order chi connectivity index (χ1) is 15.4. The van der Waals surface area contributed by atoms with Gasteiger partial charge in [-0.15, -0.1) is 0 Å². The summed E-state index contributed by atoms with van der Waals surface area (Å²) >= 11 is 3.38. The molecule has 0 unspecified atom stereocenters. The highest BCUT2D eigenvalue weighted by atomic mass is 79.9. The van der Waals surface area contributed by atoms with Crippen molar-refractivity contribution in [3.05, 3.63) is 81.6 Å². The van der Waals surface area contributed by atoms with E-state index in [9.17, 15) is 9.59 Å². The molecule has 0 fully saturated rings. The van der Waals surface area contributed by atoms with Crippen molar-refractivity contribution in [1.29, 1.82) is 0 Å². The Labute approximate surface area is 195 Å². The van der Waals surface area contributed by atoms with Gasteiger partial charge in [0.1, 0.15) is 0 Å². The highest BCUT2D eigenvalue weighted by Crippen LogP contribution is 2.21. The standard InChI is InChI=1S/C24H25BrN4O3/c1-4-32-24(31)18-6-5-7-22(13-18)29-16(2)12-19(17(29)3)14-27-28-23(30)15-26-21-10-8-20(25)9-11-21/h5-14,26H,4,15H2,1-3H3,(H,28,30)/b27-14-. The molecule has 0 radical (unpaired) electrons. The molecule has 166 valence electrons. The van der Waals surface area contributed by atoms with Crippen molar-refractivity contribution in [2.24, 2.45) is 5.10 Å². The minimum atomic E-state index is -0.349. The van der Waals surface area contributed by atoms with E-state index in [0.717, 1.165) is 32.8 Å². The fraction of sp³-hybridized carbons (Fsp3) is 0.208. The Morgan fingerprint density at radius 3 is 2.59 bits per heavy atom. The van der Waals surface area contributed by atoms with E-state index in [1.165, 1.54) is 0 Å². The van der Waals surface area contributed by atoms with Crippen LogP contribution in [0.3, 0.4) is 0 Å². The SMILES string of the molecule is CCOC(=O)c1cccc(-n2c(C)cc(/C=N\NC(=O)CNc3ccc(Br)cc3)c2C)c1. The van der Waals surface area contributed by atoms with Gasteiger partial charge in [0.2, 0.25) is 0 Å². The third-order valence-electron chi connectivity index (χ3n) is 4.78. The van der Waals surface area contributed by atoms with E-state index in [1.54, 1.807) is 25.3 Å². The average Bonchev–Trinajstić information content (AvgIpc) is 3.06. The van der Waals surface area contributed by atoms with Crippen molar-refractivity contribution >= 4 is 39.7 Å². The molecule has 0 bridgehead atoms. The molecule has 0 aliphatic rings. The number of ether oxygens (including phenoxy) is 1. The lowest BCUT2D eigenvalue weighted by Crippen LogP contribution is -2.25. The van der Waals surface area contributed by atoms with Gasteiger partial charge in [-0.1, -0.05) is 22.0 Å². The predicted molar refractivity (Wildman–Crippen MR) is 130 cm³/mol. The van der Waals surface area contributed by atoms with Crippen molar-refractivity contribution in [2.75, 3.05) is 18.5 Å². The Bertz CT molecular complexity index is 1140. The Kier molecular flexibility index (Phi) is 7.83. The zero-order chi connectivity index (χ0) is 23.1. The van der Waals surface area contributed by atoms with Crippen molar-refractivity contribution < 1.29 is 14.3 Å². The summed E-state index contributed by atoms with van der Waals surface area (Å²) < 4.78 is 8.10. The first-order valence-corrected chi connectivity index (χ1v) is 11.0. The van der Waals surface area contributed by atoms with E-state index in [4.69, 9.17) is 4.74 Å². The summed E-state index contributed by atoms with van der Waals surface area (Å²) in [5, 5.41) is 7.13. The quantitative estimate of drug-likeness (QED) is 0.271. The second-order valence-corrected chi connectivity index (χ2v) is 8.00. The Hall–Kier alpha value is -3.39. The zero-order valence-corrected chi connectivity index (χ0v) is 19.8. The number of anilines is 1. The molecule has 0 spiro atoms. The zero-order valence-electron chi connectivity index (χ0n) is 18.2. The van der Waals surface area contributed by atoms with Crippen LogP contribution in [0.5, 0.6) is 0 Å². The van der Waals surface area contributed by atoms with Crippen molar-refractivity contribution in [3.8, 4) is 5.69 Å². The van der Waals surface area contributed by atoms with Crippen molar-refractivity contribution in [3.63, 3.8) is 0 Å². The molecule has 0 aliphatic carbocycles. The first-order valence-electron chi connectivity index (χ1n) is 10.2. The lowest BCUT2D eigenvalue weighted by atomic mass is 10.2. The smallest absolute Gasteiger partial charge is 0.338 e. The van der Waals surface area contributed by atoms with Crippen LogP contribution < -0.4 is 10.7 Å². The lowest BCUT2D eigenvalue weighted by Gasteiger charge is -2.11. The number of aryl methyl sites for hydroxylation is 1. The number of halogens is 1. The van der Waals surface area contributed by atoms with Gasteiger partial charge >= 0.3 is 5.97 Å². The molecule has 3 rings (SSSR count). The van der Waals surface area contributed by atoms with Crippen LogP contribution in [0.2, 0.25) is 0 Å². The second kappa shape index (κ2) is 10.8. The van der Waals surface area contributed by atoms with Crippen LogP contribution in [0.15, 0.2) is 64.2 Å². The number of rotatable bonds is 8. The van der Waals surface area contributed by atoms with Gasteiger partial charge in [-0.05, 0) is 69.3 Å². The summed E-state index contributed by atoms with van der Waals surface area (Å²) in [5.41, 5.74) is 7.52. The molecule has 0 atom stereocenters. The van der Waals surface area contributed by atoms with E-state index >= 15 is 0 Å². The number of hydrogen-bond donors (Lipinski definition) is 2.